The van der Waals surface area contributed by atoms with Crippen LogP contribution in [0.15, 0.2) is 24.4 Å². The van der Waals surface area contributed by atoms with Gasteiger partial charge in [0.05, 0.1) is 0 Å². The normalized spacial score (nSPS) is 10.9. The Kier molecular flexibility index (Phi) is 2.64. The molecule has 0 saturated carbocycles. The van der Waals surface area contributed by atoms with E-state index in [4.69, 9.17) is 12.2 Å². The van der Waals surface area contributed by atoms with Crippen molar-refractivity contribution in [2.24, 2.45) is 0 Å². The summed E-state index contributed by atoms with van der Waals surface area (Å²) in [5.41, 5.74) is 1.10. The molecule has 1 N–H and O–H groups in total. The third-order valence-corrected chi connectivity index (χ3v) is 2.45. The van der Waals surface area contributed by atoms with Crippen molar-refractivity contribution in [2.45, 2.75) is 19.8 Å². The highest BCUT2D eigenvalue weighted by atomic mass is 32.1. The van der Waals surface area contributed by atoms with Gasteiger partial charge in [-0.3, -0.25) is 5.10 Å². The Hall–Kier alpha value is -1.49. The quantitative estimate of drug-likeness (QED) is 0.791. The molecule has 0 fully saturated rings. The Morgan fingerprint density at radius 1 is 1.47 bits per heavy atom. The number of nitrogens with zero attached hydrogens (tertiary/aromatic N) is 3. The van der Waals surface area contributed by atoms with Crippen LogP contribution in [-0.4, -0.2) is 20.0 Å². The van der Waals surface area contributed by atoms with Gasteiger partial charge in [0.15, 0.2) is 5.82 Å². The predicted molar refractivity (Wildman–Crippen MR) is 60.6 cm³/mol. The highest BCUT2D eigenvalue weighted by Crippen LogP contribution is 2.13. The molecular weight excluding hydrogens is 208 g/mol. The van der Waals surface area contributed by atoms with Crippen LogP contribution in [0.3, 0.4) is 0 Å². The largest absolute Gasteiger partial charge is 0.295 e. The second kappa shape index (κ2) is 3.94. The van der Waals surface area contributed by atoms with Gasteiger partial charge in [0.25, 0.3) is 0 Å². The molecule has 0 aromatic carbocycles. The minimum atomic E-state index is 0.421. The molecular formula is C10H12N4S. The molecule has 0 unspecified atom stereocenters. The van der Waals surface area contributed by atoms with Crippen LogP contribution >= 0.6 is 12.2 Å². The SMILES string of the molecule is CC(C)c1cc(=S)n(-c2cccnn2)[nH]1. The van der Waals surface area contributed by atoms with Crippen LogP contribution in [0.25, 0.3) is 5.82 Å². The molecule has 0 aliphatic carbocycles. The van der Waals surface area contributed by atoms with Gasteiger partial charge in [-0.05, 0) is 24.1 Å². The number of rotatable bonds is 2. The topological polar surface area (TPSA) is 46.5 Å². The van der Waals surface area contributed by atoms with E-state index >= 15 is 0 Å². The molecule has 78 valence electrons. The van der Waals surface area contributed by atoms with Gasteiger partial charge >= 0.3 is 0 Å². The molecule has 0 atom stereocenters. The van der Waals surface area contributed by atoms with Gasteiger partial charge in [-0.25, -0.2) is 4.68 Å². The molecule has 0 aliphatic rings. The van der Waals surface area contributed by atoms with Crippen molar-refractivity contribution in [3.63, 3.8) is 0 Å². The lowest BCUT2D eigenvalue weighted by Crippen LogP contribution is -2.01. The molecule has 0 radical (unpaired) electrons. The van der Waals surface area contributed by atoms with Gasteiger partial charge in [0.2, 0.25) is 0 Å². The smallest absolute Gasteiger partial charge is 0.175 e. The number of hydrogen-bond donors (Lipinski definition) is 1. The van der Waals surface area contributed by atoms with Gasteiger partial charge in [-0.2, -0.15) is 5.10 Å². The van der Waals surface area contributed by atoms with E-state index in [2.05, 4.69) is 29.1 Å². The molecule has 0 bridgehead atoms. The van der Waals surface area contributed by atoms with Crippen molar-refractivity contribution >= 4 is 12.2 Å². The molecule has 0 saturated heterocycles. The van der Waals surface area contributed by atoms with E-state index in [1.165, 1.54) is 0 Å². The van der Waals surface area contributed by atoms with Gasteiger partial charge in [-0.15, -0.1) is 5.10 Å². The van der Waals surface area contributed by atoms with Gasteiger partial charge in [-0.1, -0.05) is 26.1 Å². The fourth-order valence-electron chi connectivity index (χ4n) is 1.29. The van der Waals surface area contributed by atoms with E-state index in [9.17, 15) is 0 Å². The Morgan fingerprint density at radius 2 is 2.27 bits per heavy atom. The lowest BCUT2D eigenvalue weighted by Gasteiger charge is -2.02. The van der Waals surface area contributed by atoms with E-state index < -0.39 is 0 Å². The maximum atomic E-state index is 5.24. The third kappa shape index (κ3) is 1.97. The third-order valence-electron chi connectivity index (χ3n) is 2.15. The van der Waals surface area contributed by atoms with Crippen molar-refractivity contribution in [3.05, 3.63) is 34.7 Å². The Labute approximate surface area is 93.0 Å². The Balaban J connectivity index is 2.50. The maximum absolute atomic E-state index is 5.24. The molecule has 4 nitrogen and oxygen atoms in total. The van der Waals surface area contributed by atoms with Crippen LogP contribution in [0, 0.1) is 4.64 Å². The van der Waals surface area contributed by atoms with Crippen LogP contribution in [0.4, 0.5) is 0 Å². The summed E-state index contributed by atoms with van der Waals surface area (Å²) in [6.45, 7) is 4.23. The van der Waals surface area contributed by atoms with Crippen molar-refractivity contribution in [2.75, 3.05) is 0 Å². The summed E-state index contributed by atoms with van der Waals surface area (Å²) in [5, 5.41) is 11.0. The van der Waals surface area contributed by atoms with E-state index in [0.29, 0.717) is 5.92 Å². The zero-order valence-electron chi connectivity index (χ0n) is 8.64. The fourth-order valence-corrected chi connectivity index (χ4v) is 1.56. The first kappa shape index (κ1) is 10.0. The van der Waals surface area contributed by atoms with Gasteiger partial charge < -0.3 is 0 Å². The summed E-state index contributed by atoms with van der Waals surface area (Å²) < 4.78 is 2.48. The molecule has 0 aliphatic heterocycles. The Morgan fingerprint density at radius 3 is 2.80 bits per heavy atom. The highest BCUT2D eigenvalue weighted by molar-refractivity contribution is 7.71. The van der Waals surface area contributed by atoms with Gasteiger partial charge in [0.1, 0.15) is 4.64 Å². The van der Waals surface area contributed by atoms with Crippen molar-refractivity contribution in [3.8, 4) is 5.82 Å². The first-order valence-corrected chi connectivity index (χ1v) is 5.19. The average Bonchev–Trinajstić information content (AvgIpc) is 2.62. The molecule has 0 spiro atoms. The van der Waals surface area contributed by atoms with Crippen LogP contribution in [0.2, 0.25) is 0 Å². The van der Waals surface area contributed by atoms with Gasteiger partial charge in [0, 0.05) is 11.9 Å². The molecule has 2 rings (SSSR count). The molecule has 15 heavy (non-hydrogen) atoms. The fraction of sp³-hybridized carbons (Fsp3) is 0.300. The number of nitrogens with one attached hydrogen (secondary N) is 1. The summed E-state index contributed by atoms with van der Waals surface area (Å²) in [7, 11) is 0. The Bertz CT molecular complexity index is 498. The number of hydrogen-bond acceptors (Lipinski definition) is 3. The lowest BCUT2D eigenvalue weighted by molar-refractivity contribution is 0.744. The van der Waals surface area contributed by atoms with Crippen LogP contribution in [0.1, 0.15) is 25.5 Å². The molecule has 0 amide bonds. The minimum Gasteiger partial charge on any atom is -0.295 e. The van der Waals surface area contributed by atoms with E-state index in [1.807, 2.05) is 18.2 Å². The highest BCUT2D eigenvalue weighted by Gasteiger charge is 2.06. The monoisotopic (exact) mass is 220 g/mol. The second-order valence-corrected chi connectivity index (χ2v) is 4.04. The maximum Gasteiger partial charge on any atom is 0.175 e. The second-order valence-electron chi connectivity index (χ2n) is 3.62. The van der Waals surface area contributed by atoms with Crippen molar-refractivity contribution in [1.82, 2.24) is 20.0 Å². The summed E-state index contributed by atoms with van der Waals surface area (Å²) in [6, 6.07) is 5.65. The average molecular weight is 220 g/mol. The first-order chi connectivity index (χ1) is 7.18. The minimum absolute atomic E-state index is 0.421. The lowest BCUT2D eigenvalue weighted by atomic mass is 10.1. The molecule has 5 heteroatoms. The van der Waals surface area contributed by atoms with E-state index in [-0.39, 0.29) is 0 Å². The van der Waals surface area contributed by atoms with Crippen molar-refractivity contribution in [1.29, 1.82) is 0 Å². The number of H-pyrrole nitrogens is 1. The molecule has 2 heterocycles. The number of aromatic amines is 1. The van der Waals surface area contributed by atoms with Crippen LogP contribution < -0.4 is 0 Å². The van der Waals surface area contributed by atoms with E-state index in [0.717, 1.165) is 16.2 Å². The molecule has 2 aromatic heterocycles. The zero-order valence-corrected chi connectivity index (χ0v) is 9.45. The van der Waals surface area contributed by atoms with Crippen LogP contribution in [0.5, 0.6) is 0 Å². The zero-order chi connectivity index (χ0) is 10.8. The summed E-state index contributed by atoms with van der Waals surface area (Å²) in [6.07, 6.45) is 1.64. The summed E-state index contributed by atoms with van der Waals surface area (Å²) >= 11 is 5.24. The predicted octanol–water partition coefficient (Wildman–Crippen LogP) is 2.45. The van der Waals surface area contributed by atoms with Crippen LogP contribution in [-0.2, 0) is 0 Å². The standard InChI is InChI=1S/C10H12N4S/c1-7(2)8-6-10(15)14(13-8)9-4-3-5-11-12-9/h3-7,13H,1-2H3. The summed E-state index contributed by atoms with van der Waals surface area (Å²) in [4.78, 5) is 0. The van der Waals surface area contributed by atoms with E-state index in [1.54, 1.807) is 10.9 Å². The summed E-state index contributed by atoms with van der Waals surface area (Å²) in [5.74, 6) is 1.14. The first-order valence-electron chi connectivity index (χ1n) is 4.78. The van der Waals surface area contributed by atoms with Crippen molar-refractivity contribution < 1.29 is 0 Å². The molecule has 2 aromatic rings. The number of aromatic nitrogens is 4.